The van der Waals surface area contributed by atoms with Gasteiger partial charge in [0.1, 0.15) is 8.07 Å². The second-order valence-electron chi connectivity index (χ2n) is 7.33. The van der Waals surface area contributed by atoms with Gasteiger partial charge < -0.3 is 5.73 Å². The highest BCUT2D eigenvalue weighted by Crippen LogP contribution is 2.41. The molecule has 3 heteroatoms. The molecular weight excluding hydrogens is 322 g/mol. The average Bonchev–Trinajstić information content (AvgIpc) is 2.58. The lowest BCUT2D eigenvalue weighted by Crippen LogP contribution is -2.49. The molecule has 0 saturated heterocycles. The quantitative estimate of drug-likeness (QED) is 0.630. The van der Waals surface area contributed by atoms with E-state index in [1.54, 1.807) is 6.08 Å². The van der Waals surface area contributed by atoms with Gasteiger partial charge in [-0.2, -0.15) is 0 Å². The minimum atomic E-state index is -1.99. The largest absolute Gasteiger partial charge is 0.399 e. The van der Waals surface area contributed by atoms with Gasteiger partial charge in [-0.15, -0.1) is 0 Å². The SMILES string of the molecule is Cc1ccccc1C1=C2C=CC(=O)C=C2[Si](C)(C)c2cc(N)ccc21. The Morgan fingerprint density at radius 3 is 2.48 bits per heavy atom. The predicted molar refractivity (Wildman–Crippen MR) is 107 cm³/mol. The van der Waals surface area contributed by atoms with Gasteiger partial charge in [0.2, 0.25) is 0 Å². The number of allylic oxidation sites excluding steroid dienone is 5. The number of carbonyl (C=O) groups excluding carboxylic acids is 1. The number of ketones is 1. The first-order chi connectivity index (χ1) is 11.9. The van der Waals surface area contributed by atoms with Gasteiger partial charge in [-0.3, -0.25) is 4.79 Å². The molecule has 0 unspecified atom stereocenters. The van der Waals surface area contributed by atoms with Crippen LogP contribution >= 0.6 is 0 Å². The maximum atomic E-state index is 12.1. The smallest absolute Gasteiger partial charge is 0.178 e. The van der Waals surface area contributed by atoms with Crippen LogP contribution in [0, 0.1) is 6.92 Å². The first kappa shape index (κ1) is 15.9. The number of nitrogens with two attached hydrogens (primary N) is 1. The number of rotatable bonds is 1. The number of carbonyl (C=O) groups is 1. The highest BCUT2D eigenvalue weighted by molar-refractivity contribution is 6.98. The Labute approximate surface area is 149 Å². The molecule has 2 aromatic rings. The molecule has 124 valence electrons. The second kappa shape index (κ2) is 5.43. The van der Waals surface area contributed by atoms with Gasteiger partial charge >= 0.3 is 0 Å². The van der Waals surface area contributed by atoms with Gasteiger partial charge in [-0.25, -0.2) is 0 Å². The molecule has 0 bridgehead atoms. The third-order valence-corrected chi connectivity index (χ3v) is 8.86. The summed E-state index contributed by atoms with van der Waals surface area (Å²) in [5.41, 5.74) is 13.0. The molecule has 4 rings (SSSR count). The van der Waals surface area contributed by atoms with Crippen LogP contribution in [-0.4, -0.2) is 13.9 Å². The van der Waals surface area contributed by atoms with Crippen LogP contribution in [0.3, 0.4) is 0 Å². The molecule has 0 amide bonds. The van der Waals surface area contributed by atoms with Crippen LogP contribution < -0.4 is 10.9 Å². The third-order valence-electron chi connectivity index (χ3n) is 5.33. The van der Waals surface area contributed by atoms with Crippen LogP contribution in [0.4, 0.5) is 5.69 Å². The monoisotopic (exact) mass is 343 g/mol. The Hall–Kier alpha value is -2.65. The van der Waals surface area contributed by atoms with Gasteiger partial charge in [-0.05, 0) is 69.4 Å². The molecule has 0 spiro atoms. The molecule has 2 aliphatic rings. The van der Waals surface area contributed by atoms with E-state index < -0.39 is 8.07 Å². The second-order valence-corrected chi connectivity index (χ2v) is 11.7. The van der Waals surface area contributed by atoms with Gasteiger partial charge in [0.05, 0.1) is 0 Å². The van der Waals surface area contributed by atoms with E-state index in [1.807, 2.05) is 18.2 Å². The molecule has 1 heterocycles. The number of nitrogen functional groups attached to an aromatic ring is 1. The van der Waals surface area contributed by atoms with Crippen molar-refractivity contribution in [3.63, 3.8) is 0 Å². The topological polar surface area (TPSA) is 43.1 Å². The number of hydrogen-bond acceptors (Lipinski definition) is 2. The van der Waals surface area contributed by atoms with Gasteiger partial charge in [-0.1, -0.05) is 49.5 Å². The minimum absolute atomic E-state index is 0.0795. The van der Waals surface area contributed by atoms with E-state index >= 15 is 0 Å². The van der Waals surface area contributed by atoms with Crippen molar-refractivity contribution in [2.24, 2.45) is 0 Å². The first-order valence-corrected chi connectivity index (χ1v) is 11.5. The lowest BCUT2D eigenvalue weighted by molar-refractivity contribution is -0.110. The molecule has 0 atom stereocenters. The Kier molecular flexibility index (Phi) is 3.44. The van der Waals surface area contributed by atoms with Crippen LogP contribution in [0.1, 0.15) is 16.7 Å². The summed E-state index contributed by atoms with van der Waals surface area (Å²) in [5.74, 6) is 0.0795. The van der Waals surface area contributed by atoms with Gasteiger partial charge in [0.15, 0.2) is 5.78 Å². The molecule has 2 N–H and O–H groups in total. The molecule has 0 aromatic heterocycles. The van der Waals surface area contributed by atoms with E-state index in [-0.39, 0.29) is 5.78 Å². The van der Waals surface area contributed by atoms with Crippen LogP contribution in [0.25, 0.3) is 5.57 Å². The summed E-state index contributed by atoms with van der Waals surface area (Å²) in [6.45, 7) is 6.74. The Morgan fingerprint density at radius 1 is 0.960 bits per heavy atom. The summed E-state index contributed by atoms with van der Waals surface area (Å²) in [6.07, 6.45) is 5.53. The van der Waals surface area contributed by atoms with E-state index in [0.29, 0.717) is 0 Å². The zero-order valence-corrected chi connectivity index (χ0v) is 15.8. The van der Waals surface area contributed by atoms with Gasteiger partial charge in [0, 0.05) is 5.69 Å². The zero-order chi connectivity index (χ0) is 17.8. The molecule has 2 aromatic carbocycles. The maximum absolute atomic E-state index is 12.1. The standard InChI is InChI=1S/C22H21NOSi/c1-14-6-4-5-7-17(14)22-18-10-8-15(23)12-20(18)25(2,3)21-13-16(24)9-11-19(21)22/h4-13H,23H2,1-3H3. The van der Waals surface area contributed by atoms with Crippen LogP contribution in [0.15, 0.2) is 71.5 Å². The summed E-state index contributed by atoms with van der Waals surface area (Å²) in [7, 11) is -1.99. The maximum Gasteiger partial charge on any atom is 0.178 e. The van der Waals surface area contributed by atoms with Crippen LogP contribution in [0.5, 0.6) is 0 Å². The first-order valence-electron chi connectivity index (χ1n) is 8.55. The van der Waals surface area contributed by atoms with E-state index in [2.05, 4.69) is 56.4 Å². The fraction of sp³-hybridized carbons (Fsp3) is 0.136. The lowest BCUT2D eigenvalue weighted by Gasteiger charge is -2.38. The summed E-state index contributed by atoms with van der Waals surface area (Å²) in [5, 5.41) is 2.51. The number of fused-ring (bicyclic) bond motifs is 2. The van der Waals surface area contributed by atoms with Crippen molar-refractivity contribution in [3.8, 4) is 0 Å². The van der Waals surface area contributed by atoms with E-state index in [1.165, 1.54) is 38.2 Å². The van der Waals surface area contributed by atoms with Crippen LogP contribution in [0.2, 0.25) is 13.1 Å². The summed E-state index contributed by atoms with van der Waals surface area (Å²) < 4.78 is 0. The number of benzene rings is 2. The Bertz CT molecular complexity index is 1010. The van der Waals surface area contributed by atoms with Crippen LogP contribution in [-0.2, 0) is 4.79 Å². The van der Waals surface area contributed by atoms with Crippen molar-refractivity contribution >= 4 is 30.3 Å². The summed E-state index contributed by atoms with van der Waals surface area (Å²) >= 11 is 0. The highest BCUT2D eigenvalue weighted by Gasteiger charge is 2.39. The van der Waals surface area contributed by atoms with Crippen molar-refractivity contribution in [3.05, 3.63) is 88.2 Å². The fourth-order valence-electron chi connectivity index (χ4n) is 3.99. The molecule has 1 aliphatic heterocycles. The van der Waals surface area contributed by atoms with Gasteiger partial charge in [0.25, 0.3) is 0 Å². The summed E-state index contributed by atoms with van der Waals surface area (Å²) in [4.78, 5) is 12.1. The Balaban J connectivity index is 2.14. The lowest BCUT2D eigenvalue weighted by atomic mass is 9.88. The zero-order valence-electron chi connectivity index (χ0n) is 14.8. The van der Waals surface area contributed by atoms with E-state index in [4.69, 9.17) is 5.73 Å². The number of anilines is 1. The molecule has 25 heavy (non-hydrogen) atoms. The van der Waals surface area contributed by atoms with E-state index in [9.17, 15) is 4.79 Å². The molecule has 0 fully saturated rings. The molecule has 0 saturated carbocycles. The van der Waals surface area contributed by atoms with Crippen molar-refractivity contribution in [1.29, 1.82) is 0 Å². The van der Waals surface area contributed by atoms with Crippen molar-refractivity contribution in [2.75, 3.05) is 5.73 Å². The van der Waals surface area contributed by atoms with Crippen molar-refractivity contribution < 1.29 is 4.79 Å². The number of hydrogen-bond donors (Lipinski definition) is 1. The molecular formula is C22H21NOSi. The predicted octanol–water partition coefficient (Wildman–Crippen LogP) is 3.91. The molecule has 2 nitrogen and oxygen atoms in total. The van der Waals surface area contributed by atoms with Crippen molar-refractivity contribution in [2.45, 2.75) is 20.0 Å². The average molecular weight is 344 g/mol. The Morgan fingerprint density at radius 2 is 1.72 bits per heavy atom. The van der Waals surface area contributed by atoms with Crippen molar-refractivity contribution in [1.82, 2.24) is 0 Å². The highest BCUT2D eigenvalue weighted by atomic mass is 28.3. The number of aryl methyl sites for hydroxylation is 1. The minimum Gasteiger partial charge on any atom is -0.399 e. The molecule has 1 aliphatic carbocycles. The normalized spacial score (nSPS) is 17.9. The third kappa shape index (κ3) is 2.35. The molecule has 0 radical (unpaired) electrons. The summed E-state index contributed by atoms with van der Waals surface area (Å²) in [6, 6.07) is 14.7. The van der Waals surface area contributed by atoms with E-state index in [0.717, 1.165) is 5.69 Å². The fourth-order valence-corrected chi connectivity index (χ4v) is 7.07.